The highest BCUT2D eigenvalue weighted by Crippen LogP contribution is 2.43. The van der Waals surface area contributed by atoms with E-state index in [9.17, 15) is 24.3 Å². The van der Waals surface area contributed by atoms with E-state index in [0.717, 1.165) is 11.1 Å². The number of fused-ring (bicyclic) bond motifs is 3. The van der Waals surface area contributed by atoms with Gasteiger partial charge in [0, 0.05) is 44.5 Å². The molecule has 1 unspecified atom stereocenters. The van der Waals surface area contributed by atoms with E-state index in [4.69, 9.17) is 4.74 Å². The normalized spacial score (nSPS) is 24.4. The van der Waals surface area contributed by atoms with Gasteiger partial charge in [-0.3, -0.25) is 19.7 Å². The number of piperidine rings is 2. The summed E-state index contributed by atoms with van der Waals surface area (Å²) in [6, 6.07) is 3.09. The number of hydrogen-bond donors (Lipinski definition) is 2. The van der Waals surface area contributed by atoms with Crippen LogP contribution in [0.2, 0.25) is 0 Å². The number of hydrogen-bond acceptors (Lipinski definition) is 5. The summed E-state index contributed by atoms with van der Waals surface area (Å²) in [5.41, 5.74) is 1.40. The lowest BCUT2D eigenvalue weighted by Crippen LogP contribution is -2.52. The van der Waals surface area contributed by atoms with Crippen LogP contribution < -0.4 is 10.1 Å². The molecule has 0 aromatic heterocycles. The van der Waals surface area contributed by atoms with E-state index >= 15 is 0 Å². The number of ether oxygens (including phenoxy) is 1. The fourth-order valence-corrected chi connectivity index (χ4v) is 4.70. The second kappa shape index (κ2) is 6.58. The molecule has 1 aromatic rings. The maximum atomic E-state index is 13.3. The lowest BCUT2D eigenvalue weighted by atomic mass is 9.87. The molecule has 0 radical (unpaired) electrons. The van der Waals surface area contributed by atoms with Crippen LogP contribution in [0.15, 0.2) is 18.2 Å². The monoisotopic (exact) mass is 411 g/mol. The van der Waals surface area contributed by atoms with Crippen LogP contribution in [0.1, 0.15) is 47.2 Å². The molecule has 4 heterocycles. The summed E-state index contributed by atoms with van der Waals surface area (Å²) >= 11 is 0. The summed E-state index contributed by atoms with van der Waals surface area (Å²) in [4.78, 5) is 51.1. The summed E-state index contributed by atoms with van der Waals surface area (Å²) in [7, 11) is 0. The van der Waals surface area contributed by atoms with Gasteiger partial charge in [0.15, 0.2) is 0 Å². The molecule has 0 aliphatic carbocycles. The summed E-state index contributed by atoms with van der Waals surface area (Å²) in [5.74, 6) is -0.538. The third-order valence-electron chi connectivity index (χ3n) is 6.43. The van der Waals surface area contributed by atoms with Gasteiger partial charge in [-0.15, -0.1) is 0 Å². The van der Waals surface area contributed by atoms with E-state index in [2.05, 4.69) is 5.32 Å². The van der Waals surface area contributed by atoms with Crippen LogP contribution in [-0.4, -0.2) is 63.5 Å². The van der Waals surface area contributed by atoms with Crippen molar-refractivity contribution >= 4 is 29.9 Å². The highest BCUT2D eigenvalue weighted by molar-refractivity contribution is 6.07. The Morgan fingerprint density at radius 2 is 1.97 bits per heavy atom. The zero-order valence-electron chi connectivity index (χ0n) is 16.2. The van der Waals surface area contributed by atoms with Crippen LogP contribution >= 0.6 is 0 Å². The zero-order chi connectivity index (χ0) is 21.0. The number of imide groups is 1. The molecule has 5 rings (SSSR count). The maximum Gasteiger partial charge on any atom is 0.407 e. The highest BCUT2D eigenvalue weighted by atomic mass is 16.5. The standard InChI is InChI=1S/C21H21N3O6/c25-15-4-3-14(18(26)22-15)24-11-13-2-1-12-5-6-21(30-17(12)16(13)19(24)27)7-9-23(10-8-21)20(28)29/h1-2,5-6,14H,3-4,7-11H2,(H,28,29)(H,22,25,26). The van der Waals surface area contributed by atoms with Crippen molar-refractivity contribution in [2.24, 2.45) is 0 Å². The van der Waals surface area contributed by atoms with Crippen molar-refractivity contribution in [2.75, 3.05) is 13.1 Å². The van der Waals surface area contributed by atoms with E-state index in [0.29, 0.717) is 50.2 Å². The fraction of sp³-hybridized carbons (Fsp3) is 0.429. The average Bonchev–Trinajstić information content (AvgIpc) is 3.05. The van der Waals surface area contributed by atoms with Crippen LogP contribution in [0.25, 0.3) is 6.08 Å². The molecule has 9 heteroatoms. The molecule has 9 nitrogen and oxygen atoms in total. The number of amides is 4. The quantitative estimate of drug-likeness (QED) is 0.674. The minimum Gasteiger partial charge on any atom is -0.482 e. The van der Waals surface area contributed by atoms with Crippen molar-refractivity contribution in [1.29, 1.82) is 0 Å². The van der Waals surface area contributed by atoms with Crippen LogP contribution in [0.5, 0.6) is 5.75 Å². The van der Waals surface area contributed by atoms with E-state index in [1.807, 2.05) is 24.3 Å². The first-order valence-corrected chi connectivity index (χ1v) is 10.0. The zero-order valence-corrected chi connectivity index (χ0v) is 16.2. The fourth-order valence-electron chi connectivity index (χ4n) is 4.70. The summed E-state index contributed by atoms with van der Waals surface area (Å²) in [6.07, 6.45) is 4.46. The molecule has 2 saturated heterocycles. The van der Waals surface area contributed by atoms with Gasteiger partial charge in [-0.25, -0.2) is 4.79 Å². The Balaban J connectivity index is 1.42. The first kappa shape index (κ1) is 18.7. The lowest BCUT2D eigenvalue weighted by Gasteiger charge is -2.41. The van der Waals surface area contributed by atoms with Gasteiger partial charge in [0.25, 0.3) is 5.91 Å². The molecule has 0 saturated carbocycles. The smallest absolute Gasteiger partial charge is 0.407 e. The largest absolute Gasteiger partial charge is 0.482 e. The van der Waals surface area contributed by atoms with Gasteiger partial charge in [0.05, 0.1) is 5.56 Å². The summed E-state index contributed by atoms with van der Waals surface area (Å²) in [5, 5.41) is 11.5. The second-order valence-corrected chi connectivity index (χ2v) is 8.19. The Hall–Kier alpha value is -3.36. The first-order chi connectivity index (χ1) is 14.4. The molecule has 1 aromatic carbocycles. The van der Waals surface area contributed by atoms with Gasteiger partial charge in [-0.2, -0.15) is 0 Å². The van der Waals surface area contributed by atoms with Crippen molar-refractivity contribution in [1.82, 2.24) is 15.1 Å². The summed E-state index contributed by atoms with van der Waals surface area (Å²) < 4.78 is 6.37. The minimum atomic E-state index is -0.944. The van der Waals surface area contributed by atoms with Crippen molar-refractivity contribution < 1.29 is 29.0 Å². The van der Waals surface area contributed by atoms with Crippen molar-refractivity contribution in [2.45, 2.75) is 43.9 Å². The second-order valence-electron chi connectivity index (χ2n) is 8.19. The Bertz CT molecular complexity index is 1010. The van der Waals surface area contributed by atoms with Gasteiger partial charge in [-0.1, -0.05) is 18.2 Å². The first-order valence-electron chi connectivity index (χ1n) is 10.0. The van der Waals surface area contributed by atoms with Gasteiger partial charge in [0.2, 0.25) is 11.8 Å². The number of rotatable bonds is 1. The van der Waals surface area contributed by atoms with E-state index in [1.165, 1.54) is 9.80 Å². The van der Waals surface area contributed by atoms with Crippen LogP contribution in [0.4, 0.5) is 4.79 Å². The molecule has 4 aliphatic heterocycles. The molecular weight excluding hydrogens is 390 g/mol. The topological polar surface area (TPSA) is 116 Å². The Kier molecular flexibility index (Phi) is 4.09. The summed E-state index contributed by atoms with van der Waals surface area (Å²) in [6.45, 7) is 1.02. The maximum absolute atomic E-state index is 13.3. The number of carboxylic acid groups (broad SMARTS) is 1. The number of benzene rings is 1. The average molecular weight is 411 g/mol. The van der Waals surface area contributed by atoms with Crippen molar-refractivity contribution in [3.05, 3.63) is 34.9 Å². The molecule has 1 spiro atoms. The number of carbonyl (C=O) groups is 4. The van der Waals surface area contributed by atoms with Gasteiger partial charge in [0.1, 0.15) is 17.4 Å². The molecule has 156 valence electrons. The third-order valence-corrected chi connectivity index (χ3v) is 6.43. The van der Waals surface area contributed by atoms with Crippen LogP contribution in [0, 0.1) is 0 Å². The number of carbonyl (C=O) groups excluding carboxylic acids is 3. The van der Waals surface area contributed by atoms with Gasteiger partial charge in [-0.05, 0) is 18.1 Å². The van der Waals surface area contributed by atoms with E-state index < -0.39 is 23.6 Å². The minimum absolute atomic E-state index is 0.205. The predicted molar refractivity (Wildman–Crippen MR) is 104 cm³/mol. The van der Waals surface area contributed by atoms with E-state index in [-0.39, 0.29) is 18.2 Å². The van der Waals surface area contributed by atoms with Crippen LogP contribution in [-0.2, 0) is 16.1 Å². The lowest BCUT2D eigenvalue weighted by molar-refractivity contribution is -0.136. The molecule has 30 heavy (non-hydrogen) atoms. The molecule has 2 fully saturated rings. The number of nitrogens with one attached hydrogen (secondary N) is 1. The molecule has 2 N–H and O–H groups in total. The SMILES string of the molecule is O=C1CCC(N2Cc3ccc4c(c3C2=O)OC2(C=C4)CCN(C(=O)O)CC2)C(=O)N1. The van der Waals surface area contributed by atoms with Crippen molar-refractivity contribution in [3.63, 3.8) is 0 Å². The molecule has 4 amide bonds. The predicted octanol–water partition coefficient (Wildman–Crippen LogP) is 1.37. The third kappa shape index (κ3) is 2.84. The van der Waals surface area contributed by atoms with E-state index in [1.54, 1.807) is 0 Å². The molecule has 0 bridgehead atoms. The molecule has 1 atom stereocenters. The van der Waals surface area contributed by atoms with Crippen LogP contribution in [0.3, 0.4) is 0 Å². The highest BCUT2D eigenvalue weighted by Gasteiger charge is 2.44. The number of likely N-dealkylation sites (tertiary alicyclic amines) is 1. The Morgan fingerprint density at radius 3 is 2.67 bits per heavy atom. The molecular formula is C21H21N3O6. The Morgan fingerprint density at radius 1 is 1.20 bits per heavy atom. The van der Waals surface area contributed by atoms with Gasteiger partial charge >= 0.3 is 6.09 Å². The number of nitrogens with zero attached hydrogens (tertiary/aromatic N) is 2. The molecule has 4 aliphatic rings. The van der Waals surface area contributed by atoms with Crippen molar-refractivity contribution in [3.8, 4) is 5.75 Å². The van der Waals surface area contributed by atoms with Gasteiger partial charge < -0.3 is 19.6 Å². The Labute approximate surface area is 172 Å².